The Kier molecular flexibility index (Phi) is 2.63. The fourth-order valence-electron chi connectivity index (χ4n) is 8.65. The first-order valence-corrected chi connectivity index (χ1v) is 9.31. The number of rotatable bonds is 0. The molecule has 0 saturated heterocycles. The van der Waals surface area contributed by atoms with E-state index >= 15 is 0 Å². The quantitative estimate of drug-likeness (QED) is 0.515. The van der Waals surface area contributed by atoms with Crippen molar-refractivity contribution in [2.75, 3.05) is 0 Å². The topological polar surface area (TPSA) is 0 Å². The molecule has 4 rings (SSSR count). The Labute approximate surface area is 126 Å². The molecule has 0 nitrogen and oxygen atoms in total. The van der Waals surface area contributed by atoms with E-state index in [1.165, 1.54) is 19.3 Å². The van der Waals surface area contributed by atoms with Crippen molar-refractivity contribution in [3.8, 4) is 0 Å². The molecule has 0 aromatic carbocycles. The van der Waals surface area contributed by atoms with Crippen molar-refractivity contribution in [2.24, 2.45) is 45.8 Å². The summed E-state index contributed by atoms with van der Waals surface area (Å²) in [4.78, 5) is 0. The molecule has 0 radical (unpaired) electrons. The molecule has 0 heterocycles. The molecule has 2 bridgehead atoms. The number of fused-ring (bicyclic) bond motifs is 3. The highest BCUT2D eigenvalue weighted by Gasteiger charge is 2.70. The molecule has 4 saturated carbocycles. The zero-order chi connectivity index (χ0) is 14.3. The second-order valence-electron chi connectivity index (χ2n) is 10.1. The van der Waals surface area contributed by atoms with E-state index in [1.807, 2.05) is 0 Å². The smallest absolute Gasteiger partial charge is 0.0230 e. The van der Waals surface area contributed by atoms with Crippen molar-refractivity contribution in [3.63, 3.8) is 0 Å². The molecular weight excluding hydrogens is 240 g/mol. The zero-order valence-electron chi connectivity index (χ0n) is 14.3. The van der Waals surface area contributed by atoms with Gasteiger partial charge in [0.1, 0.15) is 0 Å². The van der Waals surface area contributed by atoms with Crippen LogP contribution >= 0.6 is 0 Å². The van der Waals surface area contributed by atoms with Gasteiger partial charge < -0.3 is 0 Å². The summed E-state index contributed by atoms with van der Waals surface area (Å²) in [7, 11) is 0. The average molecular weight is 274 g/mol. The van der Waals surface area contributed by atoms with E-state index < -0.39 is 0 Å². The lowest BCUT2D eigenvalue weighted by atomic mass is 9.54. The first-order valence-electron chi connectivity index (χ1n) is 9.31. The summed E-state index contributed by atoms with van der Waals surface area (Å²) in [6.07, 6.45) is 10.7. The largest absolute Gasteiger partial charge is 0.0622 e. The molecule has 0 heteroatoms. The van der Waals surface area contributed by atoms with E-state index in [1.54, 1.807) is 25.7 Å². The summed E-state index contributed by atoms with van der Waals surface area (Å²) >= 11 is 0. The Balaban J connectivity index is 1.83. The molecule has 4 fully saturated rings. The first-order chi connectivity index (χ1) is 9.31. The van der Waals surface area contributed by atoms with E-state index in [2.05, 4.69) is 34.6 Å². The van der Waals surface area contributed by atoms with Gasteiger partial charge in [0.2, 0.25) is 0 Å². The zero-order valence-corrected chi connectivity index (χ0v) is 14.3. The summed E-state index contributed by atoms with van der Waals surface area (Å²) < 4.78 is 0. The SMILES string of the molecule is CC1C2C(C)(C)CCC[C@@]2(C)C2CC[C@@H]3C[C@]12C[C@@H]3C. The fourth-order valence-corrected chi connectivity index (χ4v) is 8.65. The van der Waals surface area contributed by atoms with Gasteiger partial charge in [0, 0.05) is 0 Å². The predicted octanol–water partition coefficient (Wildman–Crippen LogP) is 5.91. The van der Waals surface area contributed by atoms with Crippen LogP contribution < -0.4 is 0 Å². The van der Waals surface area contributed by atoms with Gasteiger partial charge in [-0.1, -0.05) is 41.0 Å². The third-order valence-electron chi connectivity index (χ3n) is 8.96. The Hall–Kier alpha value is 0. The van der Waals surface area contributed by atoms with Crippen LogP contribution in [0.3, 0.4) is 0 Å². The Morgan fingerprint density at radius 1 is 0.900 bits per heavy atom. The highest BCUT2D eigenvalue weighted by atomic mass is 14.7. The van der Waals surface area contributed by atoms with Gasteiger partial charge in [0.05, 0.1) is 0 Å². The minimum atomic E-state index is 0.583. The standard InChI is InChI=1S/C20H34/c1-13-11-20-12-15(13)7-8-16(20)19(5)10-6-9-18(3,4)17(19)14(20)2/h13-17H,6-12H2,1-5H3/t13-,14?,15+,16?,17?,19-,20+/m0/s1. The Morgan fingerprint density at radius 2 is 1.65 bits per heavy atom. The average Bonchev–Trinajstić information content (AvgIpc) is 2.71. The van der Waals surface area contributed by atoms with Gasteiger partial charge in [0.15, 0.2) is 0 Å². The monoisotopic (exact) mass is 274 g/mol. The maximum absolute atomic E-state index is 2.71. The maximum Gasteiger partial charge on any atom is -0.0230 e. The molecular formula is C20H34. The maximum atomic E-state index is 2.71. The van der Waals surface area contributed by atoms with Crippen LogP contribution in [-0.2, 0) is 0 Å². The van der Waals surface area contributed by atoms with E-state index in [-0.39, 0.29) is 0 Å². The normalized spacial score (nSPS) is 60.1. The molecule has 20 heavy (non-hydrogen) atoms. The van der Waals surface area contributed by atoms with Crippen LogP contribution in [0.4, 0.5) is 0 Å². The molecule has 1 spiro atoms. The molecule has 4 aliphatic rings. The van der Waals surface area contributed by atoms with Crippen molar-refractivity contribution >= 4 is 0 Å². The highest BCUT2D eigenvalue weighted by molar-refractivity contribution is 5.18. The highest BCUT2D eigenvalue weighted by Crippen LogP contribution is 2.77. The summed E-state index contributed by atoms with van der Waals surface area (Å²) in [6, 6.07) is 0. The fraction of sp³-hybridized carbons (Fsp3) is 1.00. The summed E-state index contributed by atoms with van der Waals surface area (Å²) in [6.45, 7) is 13.1. The molecule has 0 aromatic rings. The van der Waals surface area contributed by atoms with Crippen LogP contribution in [0.1, 0.15) is 79.6 Å². The van der Waals surface area contributed by atoms with Crippen LogP contribution in [0.2, 0.25) is 0 Å². The molecule has 7 atom stereocenters. The van der Waals surface area contributed by atoms with E-state index in [0.717, 1.165) is 35.0 Å². The molecule has 0 aliphatic heterocycles. The van der Waals surface area contributed by atoms with Crippen molar-refractivity contribution < 1.29 is 0 Å². The van der Waals surface area contributed by atoms with Crippen molar-refractivity contribution in [1.29, 1.82) is 0 Å². The number of hydrogen-bond donors (Lipinski definition) is 0. The minimum Gasteiger partial charge on any atom is -0.0622 e. The number of hydrogen-bond acceptors (Lipinski definition) is 0. The first kappa shape index (κ1) is 13.6. The van der Waals surface area contributed by atoms with E-state index in [4.69, 9.17) is 0 Å². The molecule has 4 aliphatic carbocycles. The lowest BCUT2D eigenvalue weighted by Crippen LogP contribution is -2.43. The van der Waals surface area contributed by atoms with Gasteiger partial charge in [-0.15, -0.1) is 0 Å². The van der Waals surface area contributed by atoms with Crippen LogP contribution in [0.25, 0.3) is 0 Å². The Bertz CT molecular complexity index is 418. The molecule has 0 aromatic heterocycles. The van der Waals surface area contributed by atoms with Crippen molar-refractivity contribution in [1.82, 2.24) is 0 Å². The summed E-state index contributed by atoms with van der Waals surface area (Å²) in [5.74, 6) is 5.09. The summed E-state index contributed by atoms with van der Waals surface area (Å²) in [5.41, 5.74) is 1.99. The lowest BCUT2D eigenvalue weighted by molar-refractivity contribution is -0.0193. The van der Waals surface area contributed by atoms with Crippen molar-refractivity contribution in [2.45, 2.75) is 79.6 Å². The van der Waals surface area contributed by atoms with Crippen molar-refractivity contribution in [3.05, 3.63) is 0 Å². The predicted molar refractivity (Wildman–Crippen MR) is 85.4 cm³/mol. The van der Waals surface area contributed by atoms with Gasteiger partial charge in [-0.25, -0.2) is 0 Å². The third-order valence-corrected chi connectivity index (χ3v) is 8.96. The van der Waals surface area contributed by atoms with Gasteiger partial charge in [0.25, 0.3) is 0 Å². The van der Waals surface area contributed by atoms with Crippen LogP contribution in [0.15, 0.2) is 0 Å². The van der Waals surface area contributed by atoms with Gasteiger partial charge in [-0.2, -0.15) is 0 Å². The van der Waals surface area contributed by atoms with Gasteiger partial charge in [-0.05, 0) is 84.4 Å². The van der Waals surface area contributed by atoms with E-state index in [9.17, 15) is 0 Å². The third kappa shape index (κ3) is 1.40. The molecule has 0 amide bonds. The second kappa shape index (κ2) is 3.85. The van der Waals surface area contributed by atoms with E-state index in [0.29, 0.717) is 10.8 Å². The molecule has 3 unspecified atom stereocenters. The van der Waals surface area contributed by atoms with Gasteiger partial charge >= 0.3 is 0 Å². The van der Waals surface area contributed by atoms with Crippen LogP contribution in [0, 0.1) is 45.8 Å². The van der Waals surface area contributed by atoms with Crippen LogP contribution in [0.5, 0.6) is 0 Å². The summed E-state index contributed by atoms with van der Waals surface area (Å²) in [5, 5.41) is 0. The Morgan fingerprint density at radius 3 is 2.40 bits per heavy atom. The molecule has 0 N–H and O–H groups in total. The second-order valence-corrected chi connectivity index (χ2v) is 10.1. The minimum absolute atomic E-state index is 0.583. The molecule has 114 valence electrons. The lowest BCUT2D eigenvalue weighted by Gasteiger charge is -2.51. The van der Waals surface area contributed by atoms with Crippen LogP contribution in [-0.4, -0.2) is 0 Å². The van der Waals surface area contributed by atoms with Gasteiger partial charge in [-0.3, -0.25) is 0 Å².